The average Bonchev–Trinajstić information content (AvgIpc) is 2.50. The third-order valence-electron chi connectivity index (χ3n) is 3.83. The lowest BCUT2D eigenvalue weighted by Gasteiger charge is -2.30. The number of halogens is 2. The first kappa shape index (κ1) is 23.1. The molecule has 0 unspecified atom stereocenters. The Kier molecular flexibility index (Phi) is 12.0. The maximum absolute atomic E-state index is 12.9. The monoisotopic (exact) mass is 450 g/mol. The van der Waals surface area contributed by atoms with Gasteiger partial charge in [-0.25, -0.2) is 4.39 Å². The summed E-state index contributed by atoms with van der Waals surface area (Å²) in [6.07, 6.45) is 0.838. The van der Waals surface area contributed by atoms with E-state index in [4.69, 9.17) is 0 Å². The van der Waals surface area contributed by atoms with E-state index < -0.39 is 0 Å². The Balaban J connectivity index is 0.00000529. The van der Waals surface area contributed by atoms with Gasteiger partial charge < -0.3 is 10.6 Å². The van der Waals surface area contributed by atoms with Crippen LogP contribution in [0.4, 0.5) is 4.39 Å². The van der Waals surface area contributed by atoms with Crippen molar-refractivity contribution in [2.45, 2.75) is 46.2 Å². The fourth-order valence-corrected chi connectivity index (χ4v) is 2.61. The molecule has 0 radical (unpaired) electrons. The number of guanidine groups is 1. The third-order valence-corrected chi connectivity index (χ3v) is 3.83. The highest BCUT2D eigenvalue weighted by Crippen LogP contribution is 2.04. The van der Waals surface area contributed by atoms with Crippen molar-refractivity contribution in [1.82, 2.24) is 15.5 Å². The number of hydrogen-bond donors (Lipinski definition) is 2. The molecule has 6 heteroatoms. The van der Waals surface area contributed by atoms with Crippen LogP contribution >= 0.6 is 24.0 Å². The van der Waals surface area contributed by atoms with Gasteiger partial charge in [0, 0.05) is 38.8 Å². The summed E-state index contributed by atoms with van der Waals surface area (Å²) in [5.74, 6) is 0.610. The molecule has 24 heavy (non-hydrogen) atoms. The molecule has 0 bridgehead atoms. The molecule has 0 spiro atoms. The standard InChI is InChI=1S/C18H31FN4.HI/c1-14(2)23(15(3)4)13-12-22-18(20-5)21-11-10-16-6-8-17(19)9-7-16;/h6-9,14-15H,10-13H2,1-5H3,(H2,20,21,22);1H. The fraction of sp³-hybridized carbons (Fsp3) is 0.611. The van der Waals surface area contributed by atoms with Crippen molar-refractivity contribution in [2.75, 3.05) is 26.7 Å². The molecule has 0 aliphatic rings. The number of rotatable bonds is 8. The molecule has 0 amide bonds. The van der Waals surface area contributed by atoms with Gasteiger partial charge in [-0.05, 0) is 51.8 Å². The van der Waals surface area contributed by atoms with E-state index in [0.717, 1.165) is 37.6 Å². The van der Waals surface area contributed by atoms with Gasteiger partial charge in [0.2, 0.25) is 0 Å². The zero-order valence-corrected chi connectivity index (χ0v) is 17.8. The van der Waals surface area contributed by atoms with Gasteiger partial charge in [-0.2, -0.15) is 0 Å². The van der Waals surface area contributed by atoms with Crippen molar-refractivity contribution in [1.29, 1.82) is 0 Å². The maximum atomic E-state index is 12.9. The Labute approximate surface area is 163 Å². The molecular formula is C18H32FIN4. The van der Waals surface area contributed by atoms with Crippen molar-refractivity contribution < 1.29 is 4.39 Å². The van der Waals surface area contributed by atoms with E-state index in [2.05, 4.69) is 48.2 Å². The first-order valence-electron chi connectivity index (χ1n) is 8.38. The fourth-order valence-electron chi connectivity index (χ4n) is 2.61. The molecule has 0 atom stereocenters. The van der Waals surface area contributed by atoms with Crippen LogP contribution in [0.2, 0.25) is 0 Å². The molecule has 1 aromatic rings. The minimum Gasteiger partial charge on any atom is -0.356 e. The molecule has 0 fully saturated rings. The Bertz CT molecular complexity index is 466. The molecule has 0 heterocycles. The number of benzene rings is 1. The van der Waals surface area contributed by atoms with Crippen molar-refractivity contribution >= 4 is 29.9 Å². The highest BCUT2D eigenvalue weighted by Gasteiger charge is 2.12. The summed E-state index contributed by atoms with van der Waals surface area (Å²) in [4.78, 5) is 6.68. The van der Waals surface area contributed by atoms with Crippen LogP contribution < -0.4 is 10.6 Å². The minimum absolute atomic E-state index is 0. The zero-order valence-electron chi connectivity index (χ0n) is 15.5. The van der Waals surface area contributed by atoms with Crippen LogP contribution in [0.25, 0.3) is 0 Å². The zero-order chi connectivity index (χ0) is 17.2. The lowest BCUT2D eigenvalue weighted by molar-refractivity contribution is 0.178. The topological polar surface area (TPSA) is 39.7 Å². The third kappa shape index (κ3) is 8.82. The minimum atomic E-state index is -0.195. The quantitative estimate of drug-likeness (QED) is 0.363. The lowest BCUT2D eigenvalue weighted by atomic mass is 10.1. The van der Waals surface area contributed by atoms with Crippen LogP contribution in [0.5, 0.6) is 0 Å². The van der Waals surface area contributed by atoms with E-state index >= 15 is 0 Å². The number of nitrogens with zero attached hydrogens (tertiary/aromatic N) is 2. The Hall–Kier alpha value is -0.890. The summed E-state index contributed by atoms with van der Waals surface area (Å²) in [6.45, 7) is 11.5. The summed E-state index contributed by atoms with van der Waals surface area (Å²) in [7, 11) is 1.77. The second-order valence-electron chi connectivity index (χ2n) is 6.23. The second-order valence-corrected chi connectivity index (χ2v) is 6.23. The SMILES string of the molecule is CN=C(NCCc1ccc(F)cc1)NCCN(C(C)C)C(C)C.I. The summed E-state index contributed by atoms with van der Waals surface area (Å²) < 4.78 is 12.9. The summed E-state index contributed by atoms with van der Waals surface area (Å²) >= 11 is 0. The van der Waals surface area contributed by atoms with Crippen LogP contribution in [0.1, 0.15) is 33.3 Å². The van der Waals surface area contributed by atoms with Crippen LogP contribution in [-0.4, -0.2) is 49.6 Å². The first-order chi connectivity index (χ1) is 10.9. The highest BCUT2D eigenvalue weighted by molar-refractivity contribution is 14.0. The highest BCUT2D eigenvalue weighted by atomic mass is 127. The summed E-state index contributed by atoms with van der Waals surface area (Å²) in [5, 5.41) is 6.63. The predicted octanol–water partition coefficient (Wildman–Crippen LogP) is 3.27. The van der Waals surface area contributed by atoms with Gasteiger partial charge in [0.15, 0.2) is 5.96 Å². The van der Waals surface area contributed by atoms with Crippen LogP contribution in [0, 0.1) is 5.82 Å². The predicted molar refractivity (Wildman–Crippen MR) is 112 cm³/mol. The summed E-state index contributed by atoms with van der Waals surface area (Å²) in [5.41, 5.74) is 1.11. The molecule has 1 rings (SSSR count). The van der Waals surface area contributed by atoms with Crippen LogP contribution in [0.3, 0.4) is 0 Å². The van der Waals surface area contributed by atoms with Crippen molar-refractivity contribution in [2.24, 2.45) is 4.99 Å². The van der Waals surface area contributed by atoms with Crippen LogP contribution in [-0.2, 0) is 6.42 Å². The summed E-state index contributed by atoms with van der Waals surface area (Å²) in [6, 6.07) is 7.69. The van der Waals surface area contributed by atoms with E-state index in [-0.39, 0.29) is 29.8 Å². The molecule has 138 valence electrons. The van der Waals surface area contributed by atoms with E-state index in [0.29, 0.717) is 12.1 Å². The molecule has 1 aromatic carbocycles. The molecule has 0 aromatic heterocycles. The van der Waals surface area contributed by atoms with Gasteiger partial charge >= 0.3 is 0 Å². The number of aliphatic imine (C=N–C) groups is 1. The van der Waals surface area contributed by atoms with Crippen molar-refractivity contribution in [3.63, 3.8) is 0 Å². The average molecular weight is 450 g/mol. The van der Waals surface area contributed by atoms with E-state index in [1.54, 1.807) is 7.05 Å². The van der Waals surface area contributed by atoms with Crippen molar-refractivity contribution in [3.8, 4) is 0 Å². The van der Waals surface area contributed by atoms with Crippen LogP contribution in [0.15, 0.2) is 29.3 Å². The van der Waals surface area contributed by atoms with Crippen molar-refractivity contribution in [3.05, 3.63) is 35.6 Å². The molecule has 0 saturated heterocycles. The normalized spacial score (nSPS) is 11.8. The molecule has 0 saturated carbocycles. The van der Waals surface area contributed by atoms with Gasteiger partial charge in [0.05, 0.1) is 0 Å². The Morgan fingerprint density at radius 3 is 2.08 bits per heavy atom. The number of nitrogens with one attached hydrogen (secondary N) is 2. The maximum Gasteiger partial charge on any atom is 0.191 e. The van der Waals surface area contributed by atoms with Gasteiger partial charge in [0.1, 0.15) is 5.82 Å². The molecule has 0 aliphatic carbocycles. The Morgan fingerprint density at radius 1 is 1.04 bits per heavy atom. The molecule has 0 aliphatic heterocycles. The largest absolute Gasteiger partial charge is 0.356 e. The molecule has 4 nitrogen and oxygen atoms in total. The van der Waals surface area contributed by atoms with E-state index in [1.165, 1.54) is 12.1 Å². The van der Waals surface area contributed by atoms with Gasteiger partial charge in [0.25, 0.3) is 0 Å². The van der Waals surface area contributed by atoms with E-state index in [9.17, 15) is 4.39 Å². The second kappa shape index (κ2) is 12.5. The molecular weight excluding hydrogens is 418 g/mol. The first-order valence-corrected chi connectivity index (χ1v) is 8.38. The Morgan fingerprint density at radius 2 is 1.58 bits per heavy atom. The number of hydrogen-bond acceptors (Lipinski definition) is 2. The lowest BCUT2D eigenvalue weighted by Crippen LogP contribution is -2.45. The van der Waals surface area contributed by atoms with Gasteiger partial charge in [-0.1, -0.05) is 12.1 Å². The van der Waals surface area contributed by atoms with Gasteiger partial charge in [-0.3, -0.25) is 9.89 Å². The molecule has 2 N–H and O–H groups in total. The van der Waals surface area contributed by atoms with E-state index in [1.807, 2.05) is 12.1 Å². The smallest absolute Gasteiger partial charge is 0.191 e. The van der Waals surface area contributed by atoms with Gasteiger partial charge in [-0.15, -0.1) is 24.0 Å².